The van der Waals surface area contributed by atoms with E-state index in [-0.39, 0.29) is 5.91 Å². The molecule has 3 aromatic rings. The fourth-order valence-corrected chi connectivity index (χ4v) is 2.54. The number of hydrogen-bond acceptors (Lipinski definition) is 5. The molecule has 0 aliphatic heterocycles. The van der Waals surface area contributed by atoms with Gasteiger partial charge in [0.05, 0.1) is 19.9 Å². The van der Waals surface area contributed by atoms with E-state index in [1.165, 1.54) is 0 Å². The van der Waals surface area contributed by atoms with Gasteiger partial charge in [0.25, 0.3) is 5.91 Å². The van der Waals surface area contributed by atoms with E-state index in [1.807, 2.05) is 16.8 Å². The number of carbonyl (C=O) groups is 1. The van der Waals surface area contributed by atoms with Crippen LogP contribution in [-0.4, -0.2) is 41.7 Å². The molecule has 0 bridgehead atoms. The first-order valence-electron chi connectivity index (χ1n) is 7.62. The second kappa shape index (κ2) is 7.04. The minimum atomic E-state index is -0.170. The fourth-order valence-electron chi connectivity index (χ4n) is 2.54. The lowest BCUT2D eigenvalue weighted by Crippen LogP contribution is -2.18. The summed E-state index contributed by atoms with van der Waals surface area (Å²) in [5.74, 6) is 1.65. The maximum atomic E-state index is 12.0. The molecule has 0 atom stereocenters. The Bertz CT molecular complexity index is 905. The van der Waals surface area contributed by atoms with Crippen LogP contribution in [0.15, 0.2) is 48.9 Å². The molecule has 7 nitrogen and oxygen atoms in total. The topological polar surface area (TPSA) is 78.3 Å². The molecule has 0 aliphatic carbocycles. The third-order valence-corrected chi connectivity index (χ3v) is 3.77. The maximum Gasteiger partial charge on any atom is 0.251 e. The Morgan fingerprint density at radius 1 is 1.08 bits per heavy atom. The molecular formula is C18H18N4O3. The molecular weight excluding hydrogens is 320 g/mol. The molecule has 25 heavy (non-hydrogen) atoms. The van der Waals surface area contributed by atoms with Crippen molar-refractivity contribution >= 4 is 5.91 Å². The second-order valence-corrected chi connectivity index (χ2v) is 5.17. The highest BCUT2D eigenvalue weighted by molar-refractivity contribution is 5.95. The van der Waals surface area contributed by atoms with Crippen molar-refractivity contribution < 1.29 is 14.3 Å². The fraction of sp³-hybridized carbons (Fsp3) is 0.167. The summed E-state index contributed by atoms with van der Waals surface area (Å²) < 4.78 is 12.5. The van der Waals surface area contributed by atoms with Crippen LogP contribution in [0, 0.1) is 0 Å². The summed E-state index contributed by atoms with van der Waals surface area (Å²) in [6, 6.07) is 8.88. The van der Waals surface area contributed by atoms with Crippen molar-refractivity contribution in [3.8, 4) is 28.7 Å². The van der Waals surface area contributed by atoms with Crippen LogP contribution in [0.1, 0.15) is 10.4 Å². The van der Waals surface area contributed by atoms with Gasteiger partial charge in [-0.25, -0.2) is 9.97 Å². The summed E-state index contributed by atoms with van der Waals surface area (Å²) in [4.78, 5) is 20.5. The number of benzene rings is 1. The van der Waals surface area contributed by atoms with Crippen LogP contribution >= 0.6 is 0 Å². The van der Waals surface area contributed by atoms with Gasteiger partial charge in [-0.05, 0) is 24.3 Å². The predicted molar refractivity (Wildman–Crippen MR) is 93.3 cm³/mol. The van der Waals surface area contributed by atoms with Gasteiger partial charge < -0.3 is 14.8 Å². The zero-order valence-electron chi connectivity index (χ0n) is 14.2. The van der Waals surface area contributed by atoms with Crippen molar-refractivity contribution in [2.45, 2.75) is 0 Å². The van der Waals surface area contributed by atoms with Crippen molar-refractivity contribution in [3.63, 3.8) is 0 Å². The molecule has 0 fully saturated rings. The Hall–Kier alpha value is -3.35. The van der Waals surface area contributed by atoms with E-state index in [9.17, 15) is 4.79 Å². The summed E-state index contributed by atoms with van der Waals surface area (Å²) in [6.07, 6.45) is 5.16. The molecule has 1 amide bonds. The molecule has 7 heteroatoms. The van der Waals surface area contributed by atoms with Crippen molar-refractivity contribution in [1.29, 1.82) is 0 Å². The van der Waals surface area contributed by atoms with Crippen molar-refractivity contribution in [2.24, 2.45) is 0 Å². The molecule has 0 saturated carbocycles. The first-order chi connectivity index (χ1) is 12.2. The number of ether oxygens (including phenoxy) is 2. The van der Waals surface area contributed by atoms with E-state index in [1.54, 1.807) is 57.9 Å². The minimum Gasteiger partial charge on any atom is -0.495 e. The monoisotopic (exact) mass is 338 g/mol. The van der Waals surface area contributed by atoms with Crippen LogP contribution < -0.4 is 14.8 Å². The molecule has 128 valence electrons. The van der Waals surface area contributed by atoms with E-state index in [4.69, 9.17) is 9.47 Å². The lowest BCUT2D eigenvalue weighted by molar-refractivity contribution is 0.0963. The number of nitrogens with one attached hydrogen (secondary N) is 1. The summed E-state index contributed by atoms with van der Waals surface area (Å²) in [5, 5.41) is 2.62. The zero-order valence-corrected chi connectivity index (χ0v) is 14.2. The average Bonchev–Trinajstić information content (AvgIpc) is 3.16. The lowest BCUT2D eigenvalue weighted by atomic mass is 10.1. The van der Waals surface area contributed by atoms with Gasteiger partial charge >= 0.3 is 0 Å². The van der Waals surface area contributed by atoms with E-state index in [0.29, 0.717) is 28.7 Å². The summed E-state index contributed by atoms with van der Waals surface area (Å²) >= 11 is 0. The smallest absolute Gasteiger partial charge is 0.251 e. The molecule has 2 aromatic heterocycles. The number of amides is 1. The highest BCUT2D eigenvalue weighted by atomic mass is 16.5. The third kappa shape index (κ3) is 3.16. The predicted octanol–water partition coefficient (Wildman–Crippen LogP) is 2.31. The molecule has 2 heterocycles. The Morgan fingerprint density at radius 3 is 2.64 bits per heavy atom. The summed E-state index contributed by atoms with van der Waals surface area (Å²) in [6.45, 7) is 0. The number of methoxy groups -OCH3 is 2. The van der Waals surface area contributed by atoms with Crippen LogP contribution in [0.4, 0.5) is 0 Å². The van der Waals surface area contributed by atoms with Gasteiger partial charge in [0.15, 0.2) is 0 Å². The number of carbonyl (C=O) groups excluding carboxylic acids is 1. The maximum absolute atomic E-state index is 12.0. The van der Waals surface area contributed by atoms with E-state index < -0.39 is 0 Å². The molecule has 1 aromatic carbocycles. The second-order valence-electron chi connectivity index (χ2n) is 5.17. The number of nitrogens with zero attached hydrogens (tertiary/aromatic N) is 3. The van der Waals surface area contributed by atoms with Gasteiger partial charge in [0.2, 0.25) is 5.88 Å². The molecule has 0 spiro atoms. The highest BCUT2D eigenvalue weighted by Crippen LogP contribution is 2.29. The van der Waals surface area contributed by atoms with Crippen molar-refractivity contribution in [2.75, 3.05) is 21.3 Å². The van der Waals surface area contributed by atoms with Crippen LogP contribution in [0.2, 0.25) is 0 Å². The summed E-state index contributed by atoms with van der Waals surface area (Å²) in [5.41, 5.74) is 2.08. The first kappa shape index (κ1) is 16.5. The average molecular weight is 338 g/mol. The largest absolute Gasteiger partial charge is 0.495 e. The van der Waals surface area contributed by atoms with Crippen LogP contribution in [-0.2, 0) is 0 Å². The quantitative estimate of drug-likeness (QED) is 0.772. The van der Waals surface area contributed by atoms with Gasteiger partial charge in [-0.15, -0.1) is 0 Å². The van der Waals surface area contributed by atoms with Crippen molar-refractivity contribution in [1.82, 2.24) is 19.9 Å². The van der Waals surface area contributed by atoms with Crippen LogP contribution in [0.3, 0.4) is 0 Å². The van der Waals surface area contributed by atoms with Gasteiger partial charge in [-0.1, -0.05) is 0 Å². The normalized spacial score (nSPS) is 10.4. The first-order valence-corrected chi connectivity index (χ1v) is 7.62. The Morgan fingerprint density at radius 2 is 1.92 bits per heavy atom. The van der Waals surface area contributed by atoms with E-state index in [0.717, 1.165) is 5.56 Å². The summed E-state index contributed by atoms with van der Waals surface area (Å²) in [7, 11) is 4.75. The van der Waals surface area contributed by atoms with Crippen LogP contribution in [0.5, 0.6) is 11.6 Å². The van der Waals surface area contributed by atoms with Crippen LogP contribution in [0.25, 0.3) is 17.1 Å². The van der Waals surface area contributed by atoms with E-state index >= 15 is 0 Å². The lowest BCUT2D eigenvalue weighted by Gasteiger charge is -2.14. The van der Waals surface area contributed by atoms with Gasteiger partial charge in [0, 0.05) is 42.8 Å². The molecule has 0 saturated heterocycles. The molecule has 3 rings (SSSR count). The van der Waals surface area contributed by atoms with E-state index in [2.05, 4.69) is 15.3 Å². The number of aromatic nitrogens is 3. The van der Waals surface area contributed by atoms with Gasteiger partial charge in [0.1, 0.15) is 11.6 Å². The Balaban J connectivity index is 2.14. The van der Waals surface area contributed by atoms with Gasteiger partial charge in [-0.3, -0.25) is 9.36 Å². The molecule has 0 radical (unpaired) electrons. The SMILES string of the molecule is CNC(=O)c1ccc(OC)c(-n2ccnc2-c2ccnc(OC)c2)c1. The molecule has 1 N–H and O–H groups in total. The molecule has 0 aliphatic rings. The number of rotatable bonds is 5. The molecule has 0 unspecified atom stereocenters. The standard InChI is InChI=1S/C18H18N4O3/c1-19-18(23)13-4-5-15(24-2)14(10-13)22-9-8-21-17(22)12-6-7-20-16(11-12)25-3/h4-11H,1-3H3,(H,19,23). The number of imidazole rings is 1. The number of pyridine rings is 1. The highest BCUT2D eigenvalue weighted by Gasteiger charge is 2.15. The Kier molecular flexibility index (Phi) is 4.65. The van der Waals surface area contributed by atoms with Crippen molar-refractivity contribution in [3.05, 3.63) is 54.5 Å². The minimum absolute atomic E-state index is 0.170. The zero-order chi connectivity index (χ0) is 17.8. The third-order valence-electron chi connectivity index (χ3n) is 3.77. The Labute approximate surface area is 145 Å². The van der Waals surface area contributed by atoms with Gasteiger partial charge in [-0.2, -0.15) is 0 Å². The number of hydrogen-bond donors (Lipinski definition) is 1.